The van der Waals surface area contributed by atoms with Gasteiger partial charge < -0.3 is 13.7 Å². The van der Waals surface area contributed by atoms with Crippen LogP contribution >= 0.6 is 0 Å². The molecule has 2 aromatic heterocycles. The lowest BCUT2D eigenvalue weighted by atomic mass is 10.1. The molecule has 3 heterocycles. The van der Waals surface area contributed by atoms with Crippen LogP contribution in [0.2, 0.25) is 0 Å². The zero-order valence-corrected chi connectivity index (χ0v) is 15.5. The second-order valence-corrected chi connectivity index (χ2v) is 6.29. The van der Waals surface area contributed by atoms with Crippen LogP contribution in [0.4, 0.5) is 4.79 Å². The molecule has 4 rings (SSSR count). The summed E-state index contributed by atoms with van der Waals surface area (Å²) in [6, 6.07) is 13.4. The summed E-state index contributed by atoms with van der Waals surface area (Å²) in [5.41, 5.74) is 1.31. The molecule has 0 aliphatic carbocycles. The fraction of sp³-hybridized carbons (Fsp3) is 0.0952. The van der Waals surface area contributed by atoms with Gasteiger partial charge >= 0.3 is 6.03 Å². The Labute approximate surface area is 166 Å². The lowest BCUT2D eigenvalue weighted by Gasteiger charge is -2.25. The lowest BCUT2D eigenvalue weighted by molar-refractivity contribution is -0.130. The largest absolute Gasteiger partial charge is 0.497 e. The molecule has 1 aromatic carbocycles. The topological polar surface area (TPSA) is 93.8 Å². The molecule has 146 valence electrons. The molecular weight excluding hydrogens is 374 g/mol. The van der Waals surface area contributed by atoms with Gasteiger partial charge in [-0.2, -0.15) is 0 Å². The van der Waals surface area contributed by atoms with E-state index < -0.39 is 17.8 Å². The second kappa shape index (κ2) is 7.51. The first-order valence-corrected chi connectivity index (χ1v) is 8.80. The Hall–Kier alpha value is -4.07. The molecule has 4 amide bonds. The smallest absolute Gasteiger partial charge is 0.331 e. The highest BCUT2D eigenvalue weighted by Crippen LogP contribution is 2.21. The molecule has 0 saturated carbocycles. The number of hydrogen-bond acceptors (Lipinski definition) is 5. The summed E-state index contributed by atoms with van der Waals surface area (Å²) in [5, 5.41) is 2.20. The van der Waals surface area contributed by atoms with Crippen molar-refractivity contribution in [3.05, 3.63) is 78.0 Å². The third-order valence-electron chi connectivity index (χ3n) is 4.50. The molecule has 1 aliphatic rings. The van der Waals surface area contributed by atoms with Gasteiger partial charge in [0.1, 0.15) is 17.1 Å². The molecule has 29 heavy (non-hydrogen) atoms. The minimum atomic E-state index is -0.779. The van der Waals surface area contributed by atoms with Gasteiger partial charge in [-0.1, -0.05) is 0 Å². The summed E-state index contributed by atoms with van der Waals surface area (Å²) < 4.78 is 12.2. The van der Waals surface area contributed by atoms with Gasteiger partial charge in [0, 0.05) is 17.6 Å². The SMILES string of the molecule is COc1ccc(-n2cccc2/C=C2\C(=O)NC(=O)N(Cc3ccco3)C2=O)cc1. The number of methoxy groups -OCH3 is 1. The number of rotatable bonds is 5. The molecule has 1 fully saturated rings. The van der Waals surface area contributed by atoms with Crippen LogP contribution in [0, 0.1) is 0 Å². The Morgan fingerprint density at radius 1 is 1.07 bits per heavy atom. The second-order valence-electron chi connectivity index (χ2n) is 6.29. The first kappa shape index (κ1) is 18.3. The summed E-state index contributed by atoms with van der Waals surface area (Å²) in [4.78, 5) is 38.2. The molecular formula is C21H17N3O5. The third-order valence-corrected chi connectivity index (χ3v) is 4.50. The molecule has 1 saturated heterocycles. The highest BCUT2D eigenvalue weighted by Gasteiger charge is 2.36. The number of carbonyl (C=O) groups excluding carboxylic acids is 3. The van der Waals surface area contributed by atoms with E-state index in [9.17, 15) is 14.4 Å². The first-order chi connectivity index (χ1) is 14.1. The predicted molar refractivity (Wildman–Crippen MR) is 103 cm³/mol. The van der Waals surface area contributed by atoms with Crippen molar-refractivity contribution in [2.24, 2.45) is 0 Å². The normalized spacial score (nSPS) is 15.7. The van der Waals surface area contributed by atoms with Crippen LogP contribution in [0.1, 0.15) is 11.5 Å². The van der Waals surface area contributed by atoms with Gasteiger partial charge in [0.25, 0.3) is 11.8 Å². The van der Waals surface area contributed by atoms with Gasteiger partial charge in [-0.05, 0) is 54.6 Å². The number of urea groups is 1. The number of benzene rings is 1. The molecule has 8 heteroatoms. The van der Waals surface area contributed by atoms with Crippen LogP contribution in [0.25, 0.3) is 11.8 Å². The van der Waals surface area contributed by atoms with Gasteiger partial charge in [-0.3, -0.25) is 19.8 Å². The zero-order chi connectivity index (χ0) is 20.4. The van der Waals surface area contributed by atoms with Gasteiger partial charge in [0.2, 0.25) is 0 Å². The standard InChI is InChI=1S/C21H17N3O5/c1-28-16-8-6-14(7-9-16)23-10-2-4-15(23)12-18-19(25)22-21(27)24(20(18)26)13-17-5-3-11-29-17/h2-12H,13H2,1H3,(H,22,25,27)/b18-12+. The molecule has 0 unspecified atom stereocenters. The van der Waals surface area contributed by atoms with Crippen LogP contribution in [-0.2, 0) is 16.1 Å². The number of furan rings is 1. The summed E-state index contributed by atoms with van der Waals surface area (Å²) in [6.45, 7) is -0.0677. The summed E-state index contributed by atoms with van der Waals surface area (Å²) in [5.74, 6) is -0.269. The Bertz CT molecular complexity index is 1090. The van der Waals surface area contributed by atoms with E-state index in [1.807, 2.05) is 35.0 Å². The van der Waals surface area contributed by atoms with Gasteiger partial charge in [-0.25, -0.2) is 4.79 Å². The molecule has 1 aliphatic heterocycles. The maximum Gasteiger partial charge on any atom is 0.331 e. The summed E-state index contributed by atoms with van der Waals surface area (Å²) >= 11 is 0. The van der Waals surface area contributed by atoms with Crippen molar-refractivity contribution < 1.29 is 23.5 Å². The lowest BCUT2D eigenvalue weighted by Crippen LogP contribution is -2.53. The number of aromatic nitrogens is 1. The van der Waals surface area contributed by atoms with Crippen molar-refractivity contribution in [1.29, 1.82) is 0 Å². The minimum Gasteiger partial charge on any atom is -0.497 e. The third kappa shape index (κ3) is 3.55. The van der Waals surface area contributed by atoms with E-state index in [1.54, 1.807) is 31.4 Å². The van der Waals surface area contributed by atoms with Crippen molar-refractivity contribution in [2.45, 2.75) is 6.54 Å². The molecule has 1 N–H and O–H groups in total. The van der Waals surface area contributed by atoms with Gasteiger partial charge in [0.15, 0.2) is 0 Å². The summed E-state index contributed by atoms with van der Waals surface area (Å²) in [7, 11) is 1.59. The summed E-state index contributed by atoms with van der Waals surface area (Å²) in [6.07, 6.45) is 4.72. The van der Waals surface area contributed by atoms with Crippen LogP contribution in [-0.4, -0.2) is 34.4 Å². The maximum atomic E-state index is 12.8. The molecule has 0 bridgehead atoms. The number of imide groups is 2. The van der Waals surface area contributed by atoms with E-state index >= 15 is 0 Å². The Kier molecular flexibility index (Phi) is 4.74. The predicted octanol–water partition coefficient (Wildman–Crippen LogP) is 2.74. The monoisotopic (exact) mass is 391 g/mol. The zero-order valence-electron chi connectivity index (χ0n) is 15.5. The van der Waals surface area contributed by atoms with E-state index in [0.717, 1.165) is 16.3 Å². The highest BCUT2D eigenvalue weighted by atomic mass is 16.5. The number of barbiturate groups is 1. The Morgan fingerprint density at radius 2 is 1.86 bits per heavy atom. The fourth-order valence-corrected chi connectivity index (χ4v) is 3.03. The minimum absolute atomic E-state index is 0.0677. The fourth-order valence-electron chi connectivity index (χ4n) is 3.03. The van der Waals surface area contributed by atoms with Crippen molar-refractivity contribution >= 4 is 23.9 Å². The molecule has 0 radical (unpaired) electrons. The van der Waals surface area contributed by atoms with Crippen molar-refractivity contribution in [1.82, 2.24) is 14.8 Å². The van der Waals surface area contributed by atoms with Crippen LogP contribution in [0.15, 0.2) is 71.0 Å². The van der Waals surface area contributed by atoms with Gasteiger partial charge in [-0.15, -0.1) is 0 Å². The Morgan fingerprint density at radius 3 is 2.55 bits per heavy atom. The molecule has 0 atom stereocenters. The maximum absolute atomic E-state index is 12.8. The number of nitrogens with one attached hydrogen (secondary N) is 1. The van der Waals surface area contributed by atoms with Crippen molar-refractivity contribution in [2.75, 3.05) is 7.11 Å². The number of amides is 4. The Balaban J connectivity index is 1.66. The van der Waals surface area contributed by atoms with E-state index in [-0.39, 0.29) is 12.1 Å². The number of hydrogen-bond donors (Lipinski definition) is 1. The molecule has 3 aromatic rings. The van der Waals surface area contributed by atoms with Gasteiger partial charge in [0.05, 0.1) is 19.9 Å². The van der Waals surface area contributed by atoms with E-state index in [1.165, 1.54) is 12.3 Å². The quantitative estimate of drug-likeness (QED) is 0.533. The number of nitrogens with zero attached hydrogens (tertiary/aromatic N) is 2. The van der Waals surface area contributed by atoms with Crippen LogP contribution in [0.3, 0.4) is 0 Å². The van der Waals surface area contributed by atoms with E-state index in [0.29, 0.717) is 11.5 Å². The average Bonchev–Trinajstić information content (AvgIpc) is 3.40. The average molecular weight is 391 g/mol. The molecule has 8 nitrogen and oxygen atoms in total. The van der Waals surface area contributed by atoms with Crippen molar-refractivity contribution in [3.63, 3.8) is 0 Å². The van der Waals surface area contributed by atoms with E-state index in [2.05, 4.69) is 5.32 Å². The molecule has 0 spiro atoms. The number of ether oxygens (including phenoxy) is 1. The van der Waals surface area contributed by atoms with Crippen molar-refractivity contribution in [3.8, 4) is 11.4 Å². The van der Waals surface area contributed by atoms with Crippen LogP contribution < -0.4 is 10.1 Å². The van der Waals surface area contributed by atoms with Crippen LogP contribution in [0.5, 0.6) is 5.75 Å². The highest BCUT2D eigenvalue weighted by molar-refractivity contribution is 6.30. The first-order valence-electron chi connectivity index (χ1n) is 8.80. The van der Waals surface area contributed by atoms with E-state index in [4.69, 9.17) is 9.15 Å². The number of carbonyl (C=O) groups is 3.